The summed E-state index contributed by atoms with van der Waals surface area (Å²) >= 11 is 0. The number of rotatable bonds is 4. The quantitative estimate of drug-likeness (QED) is 0.824. The van der Waals surface area contributed by atoms with E-state index in [1.54, 1.807) is 11.8 Å². The number of sulfonamides is 1. The van der Waals surface area contributed by atoms with Crippen LogP contribution in [0.2, 0.25) is 0 Å². The van der Waals surface area contributed by atoms with Crippen LogP contribution in [0.5, 0.6) is 0 Å². The van der Waals surface area contributed by atoms with Crippen molar-refractivity contribution in [2.45, 2.75) is 17.2 Å². The summed E-state index contributed by atoms with van der Waals surface area (Å²) in [5.41, 5.74) is 0. The van der Waals surface area contributed by atoms with Crippen molar-refractivity contribution in [1.29, 1.82) is 0 Å². The molecule has 1 aromatic heterocycles. The van der Waals surface area contributed by atoms with Crippen molar-refractivity contribution in [3.8, 4) is 0 Å². The van der Waals surface area contributed by atoms with Crippen LogP contribution in [0.4, 0.5) is 13.2 Å². The fourth-order valence-electron chi connectivity index (χ4n) is 1.02. The van der Waals surface area contributed by atoms with Crippen LogP contribution < -0.4 is 4.72 Å². The molecule has 0 fully saturated rings. The highest BCUT2D eigenvalue weighted by molar-refractivity contribution is 7.89. The molecule has 0 saturated carbocycles. The number of aromatic nitrogens is 1. The normalized spacial score (nSPS) is 14.9. The van der Waals surface area contributed by atoms with Crippen molar-refractivity contribution in [1.82, 2.24) is 9.29 Å². The molecule has 0 bridgehead atoms. The summed E-state index contributed by atoms with van der Waals surface area (Å²) in [6, 6.07) is 1.24. The fraction of sp³-hybridized carbons (Fsp3) is 0.500. The van der Waals surface area contributed by atoms with Gasteiger partial charge in [0.05, 0.1) is 4.90 Å². The van der Waals surface area contributed by atoms with Crippen LogP contribution in [0.1, 0.15) is 0 Å². The average Bonchev–Trinajstić information content (AvgIpc) is 2.60. The van der Waals surface area contributed by atoms with Gasteiger partial charge < -0.3 is 9.67 Å². The lowest BCUT2D eigenvalue weighted by Gasteiger charge is -2.14. The lowest BCUT2D eigenvalue weighted by atomic mass is 10.4. The molecule has 0 aliphatic rings. The van der Waals surface area contributed by atoms with Gasteiger partial charge in [-0.25, -0.2) is 13.1 Å². The van der Waals surface area contributed by atoms with Gasteiger partial charge in [-0.05, 0) is 6.07 Å². The van der Waals surface area contributed by atoms with Gasteiger partial charge in [-0.2, -0.15) is 13.2 Å². The van der Waals surface area contributed by atoms with Crippen LogP contribution in [-0.2, 0) is 17.1 Å². The minimum absolute atomic E-state index is 0.158. The molecule has 1 atom stereocenters. The third kappa shape index (κ3) is 3.72. The Morgan fingerprint density at radius 2 is 2.12 bits per heavy atom. The number of hydrogen-bond acceptors (Lipinski definition) is 3. The number of hydrogen-bond donors (Lipinski definition) is 2. The average molecular weight is 272 g/mol. The first-order valence-corrected chi connectivity index (χ1v) is 5.97. The van der Waals surface area contributed by atoms with Crippen LogP contribution in [0.3, 0.4) is 0 Å². The summed E-state index contributed by atoms with van der Waals surface area (Å²) in [4.78, 5) is -0.158. The zero-order valence-corrected chi connectivity index (χ0v) is 9.59. The first-order chi connectivity index (χ1) is 7.63. The lowest BCUT2D eigenvalue weighted by molar-refractivity contribution is -0.200. The van der Waals surface area contributed by atoms with Gasteiger partial charge in [-0.15, -0.1) is 0 Å². The summed E-state index contributed by atoms with van der Waals surface area (Å²) in [6.45, 7) is -1.11. The maximum atomic E-state index is 11.9. The fourth-order valence-corrected chi connectivity index (χ4v) is 2.11. The Bertz CT molecular complexity index is 480. The highest BCUT2D eigenvalue weighted by Gasteiger charge is 2.38. The maximum absolute atomic E-state index is 11.9. The second kappa shape index (κ2) is 4.67. The second-order valence-electron chi connectivity index (χ2n) is 3.42. The Kier molecular flexibility index (Phi) is 3.84. The van der Waals surface area contributed by atoms with Crippen LogP contribution in [0, 0.1) is 0 Å². The lowest BCUT2D eigenvalue weighted by Crippen LogP contribution is -2.40. The zero-order valence-electron chi connectivity index (χ0n) is 8.77. The smallest absolute Gasteiger partial charge is 0.382 e. The van der Waals surface area contributed by atoms with Gasteiger partial charge >= 0.3 is 6.18 Å². The number of aliphatic hydroxyl groups excluding tert-OH is 1. The Balaban J connectivity index is 2.69. The molecule has 9 heteroatoms. The Morgan fingerprint density at radius 1 is 1.53 bits per heavy atom. The second-order valence-corrected chi connectivity index (χ2v) is 5.19. The van der Waals surface area contributed by atoms with Crippen molar-refractivity contribution < 1.29 is 26.7 Å². The van der Waals surface area contributed by atoms with Gasteiger partial charge in [0.25, 0.3) is 0 Å². The van der Waals surface area contributed by atoms with Gasteiger partial charge in [0.2, 0.25) is 10.0 Å². The van der Waals surface area contributed by atoms with Crippen molar-refractivity contribution in [2.75, 3.05) is 6.54 Å². The first kappa shape index (κ1) is 14.0. The molecule has 0 radical (unpaired) electrons. The highest BCUT2D eigenvalue weighted by Crippen LogP contribution is 2.19. The Hall–Kier alpha value is -1.06. The molecule has 0 saturated heterocycles. The van der Waals surface area contributed by atoms with Gasteiger partial charge in [-0.1, -0.05) is 0 Å². The summed E-state index contributed by atoms with van der Waals surface area (Å²) < 4.78 is 61.9. The van der Waals surface area contributed by atoms with Crippen molar-refractivity contribution in [3.63, 3.8) is 0 Å². The SMILES string of the molecule is Cn1ccc(S(=O)(=O)NCC(O)C(F)(F)F)c1. The molecule has 0 aromatic carbocycles. The molecular weight excluding hydrogens is 261 g/mol. The molecule has 1 aromatic rings. The van der Waals surface area contributed by atoms with E-state index in [2.05, 4.69) is 0 Å². The van der Waals surface area contributed by atoms with E-state index in [0.717, 1.165) is 0 Å². The molecular formula is C8H11F3N2O3S. The van der Waals surface area contributed by atoms with Crippen LogP contribution >= 0.6 is 0 Å². The van der Waals surface area contributed by atoms with Crippen molar-refractivity contribution >= 4 is 10.0 Å². The third-order valence-electron chi connectivity index (χ3n) is 1.96. The molecule has 1 heterocycles. The predicted molar refractivity (Wildman–Crippen MR) is 52.7 cm³/mol. The van der Waals surface area contributed by atoms with Crippen LogP contribution in [0.15, 0.2) is 23.4 Å². The maximum Gasteiger partial charge on any atom is 0.415 e. The minimum Gasteiger partial charge on any atom is -0.382 e. The number of halogens is 3. The van der Waals surface area contributed by atoms with Gasteiger partial charge in [0, 0.05) is 26.0 Å². The van der Waals surface area contributed by atoms with E-state index in [1.165, 1.54) is 23.0 Å². The molecule has 0 spiro atoms. The largest absolute Gasteiger partial charge is 0.415 e. The van der Waals surface area contributed by atoms with Crippen molar-refractivity contribution in [2.24, 2.45) is 7.05 Å². The summed E-state index contributed by atoms with van der Waals surface area (Å²) in [5, 5.41) is 8.64. The topological polar surface area (TPSA) is 71.3 Å². The van der Waals surface area contributed by atoms with Crippen LogP contribution in [-0.4, -0.2) is 36.9 Å². The predicted octanol–water partition coefficient (Wildman–Crippen LogP) is 0.227. The van der Waals surface area contributed by atoms with Crippen molar-refractivity contribution in [3.05, 3.63) is 18.5 Å². The standard InChI is InChI=1S/C8H11F3N2O3S/c1-13-3-2-6(5-13)17(15,16)12-4-7(14)8(9,10)11/h2-3,5,7,12,14H,4H2,1H3. The van der Waals surface area contributed by atoms with Gasteiger partial charge in [-0.3, -0.25) is 0 Å². The molecule has 17 heavy (non-hydrogen) atoms. The number of alkyl halides is 3. The third-order valence-corrected chi connectivity index (χ3v) is 3.37. The Labute approximate surface area is 95.9 Å². The number of aliphatic hydroxyl groups is 1. The molecule has 1 unspecified atom stereocenters. The molecule has 5 nitrogen and oxygen atoms in total. The number of nitrogens with zero attached hydrogens (tertiary/aromatic N) is 1. The van der Waals surface area contributed by atoms with E-state index >= 15 is 0 Å². The monoisotopic (exact) mass is 272 g/mol. The summed E-state index contributed by atoms with van der Waals surface area (Å²) in [7, 11) is -2.45. The van der Waals surface area contributed by atoms with E-state index in [-0.39, 0.29) is 4.90 Å². The number of nitrogens with one attached hydrogen (secondary N) is 1. The van der Waals surface area contributed by atoms with Gasteiger partial charge in [0.15, 0.2) is 6.10 Å². The summed E-state index contributed by atoms with van der Waals surface area (Å²) in [5.74, 6) is 0. The summed E-state index contributed by atoms with van der Waals surface area (Å²) in [6.07, 6.45) is -4.89. The molecule has 0 aliphatic heterocycles. The molecule has 0 aliphatic carbocycles. The Morgan fingerprint density at radius 3 is 2.53 bits per heavy atom. The zero-order chi connectivity index (χ0) is 13.3. The van der Waals surface area contributed by atoms with Gasteiger partial charge in [0.1, 0.15) is 0 Å². The van der Waals surface area contributed by atoms with E-state index in [0.29, 0.717) is 0 Å². The molecule has 1 rings (SSSR count). The van der Waals surface area contributed by atoms with E-state index in [1.807, 2.05) is 0 Å². The van der Waals surface area contributed by atoms with Crippen LogP contribution in [0.25, 0.3) is 0 Å². The minimum atomic E-state index is -4.85. The first-order valence-electron chi connectivity index (χ1n) is 4.49. The highest BCUT2D eigenvalue weighted by atomic mass is 32.2. The van der Waals surface area contributed by atoms with E-state index in [9.17, 15) is 21.6 Å². The van der Waals surface area contributed by atoms with E-state index in [4.69, 9.17) is 5.11 Å². The number of aryl methyl sites for hydroxylation is 1. The molecule has 0 amide bonds. The molecule has 98 valence electrons. The molecule has 2 N–H and O–H groups in total. The van der Waals surface area contributed by atoms with E-state index < -0.39 is 28.8 Å².